The summed E-state index contributed by atoms with van der Waals surface area (Å²) >= 11 is 0. The number of sulfonamides is 1. The molecular weight excluding hydrogens is 364 g/mol. The summed E-state index contributed by atoms with van der Waals surface area (Å²) in [6.45, 7) is 1.44. The highest BCUT2D eigenvalue weighted by molar-refractivity contribution is 7.89. The van der Waals surface area contributed by atoms with Gasteiger partial charge in [0.25, 0.3) is 0 Å². The Balaban J connectivity index is 1.59. The van der Waals surface area contributed by atoms with Gasteiger partial charge in [-0.25, -0.2) is 8.42 Å². The van der Waals surface area contributed by atoms with Gasteiger partial charge in [0, 0.05) is 19.6 Å². The van der Waals surface area contributed by atoms with E-state index in [0.717, 1.165) is 13.0 Å². The minimum atomic E-state index is -3.59. The van der Waals surface area contributed by atoms with Crippen molar-refractivity contribution in [3.8, 4) is 5.75 Å². The van der Waals surface area contributed by atoms with Crippen molar-refractivity contribution < 1.29 is 17.9 Å². The molecule has 0 spiro atoms. The first-order chi connectivity index (χ1) is 13.0. The Morgan fingerprint density at radius 2 is 1.81 bits per heavy atom. The fraction of sp³-hybridized carbons (Fsp3) is 0.650. The maximum absolute atomic E-state index is 12.9. The number of ether oxygens (including phenoxy) is 1. The quantitative estimate of drug-likeness (QED) is 0.805. The predicted octanol–water partition coefficient (Wildman–Crippen LogP) is 2.79. The zero-order chi connectivity index (χ0) is 19.3. The number of carbonyl (C=O) groups excluding carboxylic acids is 1. The molecule has 0 aromatic heterocycles. The van der Waals surface area contributed by atoms with Crippen LogP contribution in [0.25, 0.3) is 0 Å². The molecule has 0 bridgehead atoms. The minimum Gasteiger partial charge on any atom is -0.497 e. The van der Waals surface area contributed by atoms with E-state index >= 15 is 0 Å². The first-order valence-electron chi connectivity index (χ1n) is 9.92. The number of hydrogen-bond donors (Lipinski definition) is 1. The van der Waals surface area contributed by atoms with Crippen molar-refractivity contribution in [1.82, 2.24) is 9.62 Å². The van der Waals surface area contributed by atoms with Crippen molar-refractivity contribution in [2.24, 2.45) is 11.8 Å². The molecule has 1 saturated carbocycles. The summed E-state index contributed by atoms with van der Waals surface area (Å²) in [6.07, 6.45) is 7.61. The first kappa shape index (κ1) is 20.1. The zero-order valence-corrected chi connectivity index (χ0v) is 16.8. The number of benzene rings is 1. The van der Waals surface area contributed by atoms with E-state index in [1.54, 1.807) is 31.4 Å². The molecule has 1 unspecified atom stereocenters. The van der Waals surface area contributed by atoms with E-state index in [2.05, 4.69) is 5.32 Å². The van der Waals surface area contributed by atoms with E-state index in [9.17, 15) is 13.2 Å². The van der Waals surface area contributed by atoms with Gasteiger partial charge < -0.3 is 10.1 Å². The molecule has 1 N–H and O–H groups in total. The molecule has 150 valence electrons. The zero-order valence-electron chi connectivity index (χ0n) is 16.0. The number of methoxy groups -OCH3 is 1. The summed E-state index contributed by atoms with van der Waals surface area (Å²) in [5.41, 5.74) is 0. The van der Waals surface area contributed by atoms with Crippen LogP contribution in [0.2, 0.25) is 0 Å². The predicted molar refractivity (Wildman–Crippen MR) is 104 cm³/mol. The molecule has 2 fully saturated rings. The van der Waals surface area contributed by atoms with Crippen molar-refractivity contribution in [2.75, 3.05) is 26.7 Å². The highest BCUT2D eigenvalue weighted by atomic mass is 32.2. The average molecular weight is 395 g/mol. The van der Waals surface area contributed by atoms with Crippen molar-refractivity contribution in [3.63, 3.8) is 0 Å². The second kappa shape index (κ2) is 9.06. The Morgan fingerprint density at radius 3 is 2.48 bits per heavy atom. The van der Waals surface area contributed by atoms with Gasteiger partial charge >= 0.3 is 0 Å². The van der Waals surface area contributed by atoms with Crippen LogP contribution < -0.4 is 10.1 Å². The van der Waals surface area contributed by atoms with Crippen molar-refractivity contribution in [1.29, 1.82) is 0 Å². The second-order valence-electron chi connectivity index (χ2n) is 7.63. The number of rotatable bonds is 6. The number of carbonyl (C=O) groups is 1. The first-order valence-corrected chi connectivity index (χ1v) is 11.4. The molecule has 3 rings (SSSR count). The summed E-state index contributed by atoms with van der Waals surface area (Å²) in [5.74, 6) is 0.920. The van der Waals surface area contributed by atoms with Gasteiger partial charge in [0.2, 0.25) is 15.9 Å². The maximum atomic E-state index is 12.9. The molecule has 1 amide bonds. The summed E-state index contributed by atoms with van der Waals surface area (Å²) in [6, 6.07) is 6.40. The van der Waals surface area contributed by atoms with Crippen LogP contribution in [0.3, 0.4) is 0 Å². The highest BCUT2D eigenvalue weighted by Crippen LogP contribution is 2.26. The minimum absolute atomic E-state index is 0.00444. The van der Waals surface area contributed by atoms with Gasteiger partial charge in [-0.05, 0) is 55.9 Å². The Hall–Kier alpha value is -1.60. The molecule has 1 aliphatic carbocycles. The van der Waals surface area contributed by atoms with Crippen molar-refractivity contribution in [3.05, 3.63) is 24.3 Å². The molecule has 27 heavy (non-hydrogen) atoms. The lowest BCUT2D eigenvalue weighted by Gasteiger charge is -2.31. The Morgan fingerprint density at radius 1 is 1.11 bits per heavy atom. The lowest BCUT2D eigenvalue weighted by Crippen LogP contribution is -2.46. The number of nitrogens with one attached hydrogen (secondary N) is 1. The summed E-state index contributed by atoms with van der Waals surface area (Å²) < 4.78 is 32.4. The third-order valence-electron chi connectivity index (χ3n) is 5.74. The Kier molecular flexibility index (Phi) is 6.76. The fourth-order valence-corrected chi connectivity index (χ4v) is 5.58. The van der Waals surface area contributed by atoms with E-state index in [4.69, 9.17) is 4.74 Å². The van der Waals surface area contributed by atoms with Crippen LogP contribution in [0.5, 0.6) is 5.75 Å². The summed E-state index contributed by atoms with van der Waals surface area (Å²) in [5, 5.41) is 3.07. The lowest BCUT2D eigenvalue weighted by atomic mass is 9.89. The molecular formula is C20H30N2O4S. The monoisotopic (exact) mass is 394 g/mol. The van der Waals surface area contributed by atoms with Gasteiger partial charge in [0.1, 0.15) is 5.75 Å². The van der Waals surface area contributed by atoms with Crippen molar-refractivity contribution in [2.45, 2.75) is 49.8 Å². The molecule has 1 heterocycles. The number of amides is 1. The molecule has 1 atom stereocenters. The van der Waals surface area contributed by atoms with Crippen LogP contribution in [-0.4, -0.2) is 45.4 Å². The van der Waals surface area contributed by atoms with Crippen molar-refractivity contribution >= 4 is 15.9 Å². The van der Waals surface area contributed by atoms with Crippen LogP contribution in [0.1, 0.15) is 44.9 Å². The van der Waals surface area contributed by atoms with Gasteiger partial charge in [-0.2, -0.15) is 4.31 Å². The van der Waals surface area contributed by atoms with Gasteiger partial charge in [0.15, 0.2) is 0 Å². The van der Waals surface area contributed by atoms with Crippen LogP contribution in [-0.2, 0) is 14.8 Å². The van der Waals surface area contributed by atoms with Gasteiger partial charge in [-0.1, -0.05) is 19.3 Å². The SMILES string of the molecule is COc1ccc(S(=O)(=O)N2CCCC(C(=O)NCC3CCCCC3)C2)cc1. The maximum Gasteiger partial charge on any atom is 0.243 e. The summed E-state index contributed by atoms with van der Waals surface area (Å²) in [4.78, 5) is 12.8. The Bertz CT molecular complexity index is 727. The van der Waals surface area contributed by atoms with E-state index in [-0.39, 0.29) is 23.3 Å². The molecule has 1 aromatic rings. The molecule has 1 aromatic carbocycles. The third kappa shape index (κ3) is 5.02. The smallest absolute Gasteiger partial charge is 0.243 e. The van der Waals surface area contributed by atoms with Gasteiger partial charge in [-0.15, -0.1) is 0 Å². The third-order valence-corrected chi connectivity index (χ3v) is 7.62. The van der Waals surface area contributed by atoms with E-state index in [0.29, 0.717) is 24.6 Å². The normalized spacial score (nSPS) is 22.3. The molecule has 1 saturated heterocycles. The Labute approximate surface area is 162 Å². The fourth-order valence-electron chi connectivity index (χ4n) is 4.05. The topological polar surface area (TPSA) is 75.7 Å². The van der Waals surface area contributed by atoms with Crippen LogP contribution in [0.15, 0.2) is 29.2 Å². The average Bonchev–Trinajstić information content (AvgIpc) is 2.73. The van der Waals surface area contributed by atoms with Crippen LogP contribution in [0, 0.1) is 11.8 Å². The largest absolute Gasteiger partial charge is 0.497 e. The molecule has 2 aliphatic rings. The number of piperidine rings is 1. The molecule has 0 radical (unpaired) electrons. The molecule has 6 nitrogen and oxygen atoms in total. The molecule has 7 heteroatoms. The highest BCUT2D eigenvalue weighted by Gasteiger charge is 2.33. The second-order valence-corrected chi connectivity index (χ2v) is 9.56. The molecule has 1 aliphatic heterocycles. The van der Waals surface area contributed by atoms with Gasteiger partial charge in [-0.3, -0.25) is 4.79 Å². The van der Waals surface area contributed by atoms with E-state index < -0.39 is 10.0 Å². The standard InChI is InChI=1S/C20H30N2O4S/c1-26-18-9-11-19(12-10-18)27(24,25)22-13-5-8-17(15-22)20(23)21-14-16-6-3-2-4-7-16/h9-12,16-17H,2-8,13-15H2,1H3,(H,21,23). The van der Waals surface area contributed by atoms with Crippen LogP contribution >= 0.6 is 0 Å². The number of hydrogen-bond acceptors (Lipinski definition) is 4. The lowest BCUT2D eigenvalue weighted by molar-refractivity contribution is -0.126. The summed E-state index contributed by atoms with van der Waals surface area (Å²) in [7, 11) is -2.04. The van der Waals surface area contributed by atoms with E-state index in [1.807, 2.05) is 0 Å². The number of nitrogens with zero attached hydrogens (tertiary/aromatic N) is 1. The van der Waals surface area contributed by atoms with Crippen LogP contribution in [0.4, 0.5) is 0 Å². The van der Waals surface area contributed by atoms with Gasteiger partial charge in [0.05, 0.1) is 17.9 Å². The van der Waals surface area contributed by atoms with E-state index in [1.165, 1.54) is 36.4 Å².